The molecule has 2 amide bonds. The predicted molar refractivity (Wildman–Crippen MR) is 70.2 cm³/mol. The van der Waals surface area contributed by atoms with E-state index >= 15 is 0 Å². The molecule has 0 heterocycles. The molecule has 0 unspecified atom stereocenters. The van der Waals surface area contributed by atoms with E-state index in [0.29, 0.717) is 6.04 Å². The summed E-state index contributed by atoms with van der Waals surface area (Å²) in [6.07, 6.45) is 4.49. The van der Waals surface area contributed by atoms with Gasteiger partial charge in [0, 0.05) is 6.04 Å². The fourth-order valence-electron chi connectivity index (χ4n) is 2.38. The van der Waals surface area contributed by atoms with E-state index in [1.165, 1.54) is 12.8 Å². The lowest BCUT2D eigenvalue weighted by Crippen LogP contribution is -2.43. The molecule has 0 radical (unpaired) electrons. The topological polar surface area (TPSA) is 61.4 Å². The van der Waals surface area contributed by atoms with E-state index in [0.717, 1.165) is 18.4 Å². The molecule has 1 aliphatic carbocycles. The van der Waals surface area contributed by atoms with E-state index in [4.69, 9.17) is 0 Å². The van der Waals surface area contributed by atoms with E-state index < -0.39 is 0 Å². The number of hydrogen-bond donors (Lipinski definition) is 3. The van der Waals surface area contributed by atoms with Crippen molar-refractivity contribution < 1.29 is 9.90 Å². The Bertz CT molecular complexity index is 375. The number of amides is 2. The van der Waals surface area contributed by atoms with Crippen molar-refractivity contribution in [3.8, 4) is 0 Å². The molecule has 4 heteroatoms. The Morgan fingerprint density at radius 2 is 1.94 bits per heavy atom. The number of urea groups is 1. The lowest BCUT2D eigenvalue weighted by Gasteiger charge is -2.19. The SMILES string of the molecule is O=C(NC1CCCC1)N[C@@H](CO)c1ccccc1. The van der Waals surface area contributed by atoms with Gasteiger partial charge in [-0.2, -0.15) is 0 Å². The number of carbonyl (C=O) groups excluding carboxylic acids is 1. The highest BCUT2D eigenvalue weighted by Gasteiger charge is 2.19. The second-order valence-electron chi connectivity index (χ2n) is 4.75. The number of benzene rings is 1. The summed E-state index contributed by atoms with van der Waals surface area (Å²) in [6.45, 7) is -0.0951. The van der Waals surface area contributed by atoms with Crippen LogP contribution in [0.5, 0.6) is 0 Å². The molecule has 18 heavy (non-hydrogen) atoms. The summed E-state index contributed by atoms with van der Waals surface area (Å²) in [5.41, 5.74) is 0.918. The predicted octanol–water partition coefficient (Wildman–Crippen LogP) is 1.96. The van der Waals surface area contributed by atoms with Crippen molar-refractivity contribution >= 4 is 6.03 Å². The summed E-state index contributed by atoms with van der Waals surface area (Å²) in [5.74, 6) is 0. The number of aliphatic hydroxyl groups excluding tert-OH is 1. The Hall–Kier alpha value is -1.55. The third-order valence-corrected chi connectivity index (χ3v) is 3.38. The van der Waals surface area contributed by atoms with E-state index in [2.05, 4.69) is 10.6 Å². The van der Waals surface area contributed by atoms with Crippen LogP contribution in [0.1, 0.15) is 37.3 Å². The third-order valence-electron chi connectivity index (χ3n) is 3.38. The quantitative estimate of drug-likeness (QED) is 0.762. The third kappa shape index (κ3) is 3.47. The molecule has 0 saturated heterocycles. The molecular formula is C14H20N2O2. The molecule has 0 aliphatic heterocycles. The number of aliphatic hydroxyl groups is 1. The molecule has 1 aromatic rings. The molecule has 1 aliphatic rings. The molecule has 1 saturated carbocycles. The zero-order valence-corrected chi connectivity index (χ0v) is 10.4. The fraction of sp³-hybridized carbons (Fsp3) is 0.500. The van der Waals surface area contributed by atoms with Gasteiger partial charge in [-0.25, -0.2) is 4.79 Å². The zero-order chi connectivity index (χ0) is 12.8. The van der Waals surface area contributed by atoms with Gasteiger partial charge in [-0.05, 0) is 18.4 Å². The summed E-state index contributed by atoms with van der Waals surface area (Å²) < 4.78 is 0. The molecular weight excluding hydrogens is 228 g/mol. The number of rotatable bonds is 4. The average molecular weight is 248 g/mol. The monoisotopic (exact) mass is 248 g/mol. The van der Waals surface area contributed by atoms with E-state index in [-0.39, 0.29) is 18.7 Å². The summed E-state index contributed by atoms with van der Waals surface area (Å²) in [5, 5.41) is 15.1. The van der Waals surface area contributed by atoms with Crippen LogP contribution in [0.3, 0.4) is 0 Å². The van der Waals surface area contributed by atoms with Gasteiger partial charge in [0.1, 0.15) is 0 Å². The minimum atomic E-state index is -0.340. The second kappa shape index (κ2) is 6.40. The van der Waals surface area contributed by atoms with Crippen LogP contribution in [-0.4, -0.2) is 23.8 Å². The minimum absolute atomic E-state index is 0.0951. The first-order chi connectivity index (χ1) is 8.79. The largest absolute Gasteiger partial charge is 0.394 e. The first kappa shape index (κ1) is 12.9. The van der Waals surface area contributed by atoms with Gasteiger partial charge in [0.2, 0.25) is 0 Å². The Labute approximate surface area is 107 Å². The molecule has 0 aromatic heterocycles. The molecule has 0 bridgehead atoms. The maximum atomic E-state index is 11.8. The van der Waals surface area contributed by atoms with Crippen molar-refractivity contribution in [1.29, 1.82) is 0 Å². The maximum absolute atomic E-state index is 11.8. The Morgan fingerprint density at radius 1 is 1.28 bits per heavy atom. The fourth-order valence-corrected chi connectivity index (χ4v) is 2.38. The van der Waals surface area contributed by atoms with Gasteiger partial charge in [-0.3, -0.25) is 0 Å². The summed E-state index contributed by atoms with van der Waals surface area (Å²) in [4.78, 5) is 11.8. The first-order valence-corrected chi connectivity index (χ1v) is 6.52. The van der Waals surface area contributed by atoms with Crippen LogP contribution < -0.4 is 10.6 Å². The van der Waals surface area contributed by atoms with Gasteiger partial charge >= 0.3 is 6.03 Å². The number of hydrogen-bond acceptors (Lipinski definition) is 2. The first-order valence-electron chi connectivity index (χ1n) is 6.52. The Balaban J connectivity index is 1.87. The van der Waals surface area contributed by atoms with Crippen LogP contribution >= 0.6 is 0 Å². The lowest BCUT2D eigenvalue weighted by atomic mass is 10.1. The van der Waals surface area contributed by atoms with Crippen LogP contribution in [0.4, 0.5) is 4.79 Å². The van der Waals surface area contributed by atoms with Crippen molar-refractivity contribution in [2.75, 3.05) is 6.61 Å². The van der Waals surface area contributed by atoms with Crippen molar-refractivity contribution in [1.82, 2.24) is 10.6 Å². The van der Waals surface area contributed by atoms with Crippen LogP contribution in [0.25, 0.3) is 0 Å². The molecule has 3 N–H and O–H groups in total. The van der Waals surface area contributed by atoms with Crippen LogP contribution in [0.15, 0.2) is 30.3 Å². The molecule has 1 atom stereocenters. The smallest absolute Gasteiger partial charge is 0.315 e. The summed E-state index contributed by atoms with van der Waals surface area (Å²) in [7, 11) is 0. The van der Waals surface area contributed by atoms with E-state index in [1.54, 1.807) is 0 Å². The van der Waals surface area contributed by atoms with Crippen LogP contribution in [0, 0.1) is 0 Å². The van der Waals surface area contributed by atoms with Gasteiger partial charge in [0.05, 0.1) is 12.6 Å². The number of carbonyl (C=O) groups is 1. The van der Waals surface area contributed by atoms with Crippen LogP contribution in [-0.2, 0) is 0 Å². The molecule has 1 fully saturated rings. The molecule has 1 aromatic carbocycles. The molecule has 2 rings (SSSR count). The van der Waals surface area contributed by atoms with Gasteiger partial charge in [-0.1, -0.05) is 43.2 Å². The van der Waals surface area contributed by atoms with Gasteiger partial charge < -0.3 is 15.7 Å². The highest BCUT2D eigenvalue weighted by atomic mass is 16.3. The Kier molecular flexibility index (Phi) is 4.59. The lowest BCUT2D eigenvalue weighted by molar-refractivity contribution is 0.214. The zero-order valence-electron chi connectivity index (χ0n) is 10.4. The standard InChI is InChI=1S/C14H20N2O2/c17-10-13(11-6-2-1-3-7-11)16-14(18)15-12-8-4-5-9-12/h1-3,6-7,12-13,17H,4-5,8-10H2,(H2,15,16,18)/t13-/m0/s1. The van der Waals surface area contributed by atoms with Gasteiger partial charge in [0.15, 0.2) is 0 Å². The maximum Gasteiger partial charge on any atom is 0.315 e. The van der Waals surface area contributed by atoms with Gasteiger partial charge in [0.25, 0.3) is 0 Å². The molecule has 0 spiro atoms. The summed E-state index contributed by atoms with van der Waals surface area (Å²) >= 11 is 0. The van der Waals surface area contributed by atoms with Crippen molar-refractivity contribution in [2.24, 2.45) is 0 Å². The van der Waals surface area contributed by atoms with Crippen molar-refractivity contribution in [2.45, 2.75) is 37.8 Å². The van der Waals surface area contributed by atoms with Crippen molar-refractivity contribution in [3.63, 3.8) is 0 Å². The normalized spacial score (nSPS) is 17.4. The molecule has 98 valence electrons. The molecule has 4 nitrogen and oxygen atoms in total. The minimum Gasteiger partial charge on any atom is -0.394 e. The van der Waals surface area contributed by atoms with Crippen LogP contribution in [0.2, 0.25) is 0 Å². The van der Waals surface area contributed by atoms with Crippen molar-refractivity contribution in [3.05, 3.63) is 35.9 Å². The highest BCUT2D eigenvalue weighted by Crippen LogP contribution is 2.18. The highest BCUT2D eigenvalue weighted by molar-refractivity contribution is 5.74. The van der Waals surface area contributed by atoms with E-state index in [9.17, 15) is 9.90 Å². The summed E-state index contributed by atoms with van der Waals surface area (Å²) in [6, 6.07) is 9.27. The average Bonchev–Trinajstić information content (AvgIpc) is 2.90. The second-order valence-corrected chi connectivity index (χ2v) is 4.75. The number of nitrogens with one attached hydrogen (secondary N) is 2. The van der Waals surface area contributed by atoms with Gasteiger partial charge in [-0.15, -0.1) is 0 Å². The van der Waals surface area contributed by atoms with E-state index in [1.807, 2.05) is 30.3 Å². The Morgan fingerprint density at radius 3 is 2.56 bits per heavy atom.